The van der Waals surface area contributed by atoms with Gasteiger partial charge in [0.1, 0.15) is 5.01 Å². The number of aliphatic hydroxyl groups is 1. The van der Waals surface area contributed by atoms with E-state index in [1.807, 2.05) is 23.8 Å². The quantitative estimate of drug-likeness (QED) is 0.571. The van der Waals surface area contributed by atoms with Crippen LogP contribution in [-0.4, -0.2) is 62.0 Å². The molecule has 0 aliphatic rings. The summed E-state index contributed by atoms with van der Waals surface area (Å²) < 4.78 is 16.1. The molecule has 1 aromatic heterocycles. The smallest absolute Gasteiger partial charge is 0.226 e. The van der Waals surface area contributed by atoms with Gasteiger partial charge in [0.05, 0.1) is 46.1 Å². The van der Waals surface area contributed by atoms with E-state index >= 15 is 0 Å². The van der Waals surface area contributed by atoms with Crippen molar-refractivity contribution in [3.8, 4) is 27.8 Å². The molecule has 0 aliphatic heterocycles. The predicted molar refractivity (Wildman–Crippen MR) is 113 cm³/mol. The number of thiazole rings is 1. The van der Waals surface area contributed by atoms with Crippen LogP contribution in [0.3, 0.4) is 0 Å². The van der Waals surface area contributed by atoms with Gasteiger partial charge in [0.15, 0.2) is 11.5 Å². The number of benzene rings is 1. The van der Waals surface area contributed by atoms with Gasteiger partial charge in [0.2, 0.25) is 11.7 Å². The molecule has 0 aliphatic carbocycles. The number of amides is 1. The molecule has 0 bridgehead atoms. The van der Waals surface area contributed by atoms with Crippen molar-refractivity contribution in [1.29, 1.82) is 0 Å². The average Bonchev–Trinajstić information content (AvgIpc) is 3.18. The fourth-order valence-corrected chi connectivity index (χ4v) is 3.97. The van der Waals surface area contributed by atoms with Crippen LogP contribution in [0.4, 0.5) is 0 Å². The van der Waals surface area contributed by atoms with Gasteiger partial charge < -0.3 is 24.6 Å². The molecule has 7 nitrogen and oxygen atoms in total. The molecule has 28 heavy (non-hydrogen) atoms. The summed E-state index contributed by atoms with van der Waals surface area (Å²) in [5.41, 5.74) is 1.49. The van der Waals surface area contributed by atoms with E-state index in [-0.39, 0.29) is 25.0 Å². The Kier molecular flexibility index (Phi) is 8.88. The second-order valence-corrected chi connectivity index (χ2v) is 7.81. The van der Waals surface area contributed by atoms with Gasteiger partial charge in [-0.05, 0) is 30.6 Å². The van der Waals surface area contributed by atoms with Gasteiger partial charge in [-0.15, -0.1) is 11.3 Å². The first-order valence-electron chi connectivity index (χ1n) is 8.70. The number of methoxy groups -OCH3 is 3. The summed E-state index contributed by atoms with van der Waals surface area (Å²) in [4.78, 5) is 16.8. The zero-order chi connectivity index (χ0) is 20.5. The highest BCUT2D eigenvalue weighted by Crippen LogP contribution is 2.41. The lowest BCUT2D eigenvalue weighted by Gasteiger charge is -2.15. The van der Waals surface area contributed by atoms with Crippen LogP contribution in [-0.2, 0) is 11.2 Å². The zero-order valence-corrected chi connectivity index (χ0v) is 18.1. The van der Waals surface area contributed by atoms with Crippen molar-refractivity contribution in [2.45, 2.75) is 18.9 Å². The Bertz CT molecular complexity index is 756. The van der Waals surface area contributed by atoms with Crippen molar-refractivity contribution >= 4 is 29.0 Å². The minimum Gasteiger partial charge on any atom is -0.493 e. The highest BCUT2D eigenvalue weighted by molar-refractivity contribution is 7.98. The van der Waals surface area contributed by atoms with Crippen LogP contribution < -0.4 is 19.5 Å². The lowest BCUT2D eigenvalue weighted by Crippen LogP contribution is -2.38. The van der Waals surface area contributed by atoms with Gasteiger partial charge in [-0.3, -0.25) is 4.79 Å². The maximum Gasteiger partial charge on any atom is 0.226 e. The topological polar surface area (TPSA) is 89.9 Å². The minimum atomic E-state index is -0.229. The molecule has 0 fully saturated rings. The maximum absolute atomic E-state index is 12.3. The number of aromatic nitrogens is 1. The highest BCUT2D eigenvalue weighted by Gasteiger charge is 2.17. The molecule has 0 unspecified atom stereocenters. The van der Waals surface area contributed by atoms with Crippen LogP contribution in [0.2, 0.25) is 0 Å². The molecular formula is C19H26N2O5S2. The molecule has 9 heteroatoms. The van der Waals surface area contributed by atoms with Crippen molar-refractivity contribution in [3.63, 3.8) is 0 Å². The number of thioether (sulfide) groups is 1. The summed E-state index contributed by atoms with van der Waals surface area (Å²) in [6.07, 6.45) is 2.89. The van der Waals surface area contributed by atoms with Crippen LogP contribution in [0, 0.1) is 0 Å². The van der Waals surface area contributed by atoms with E-state index in [2.05, 4.69) is 10.3 Å². The van der Waals surface area contributed by atoms with Crippen LogP contribution >= 0.6 is 23.1 Å². The molecule has 2 N–H and O–H groups in total. The number of nitrogens with one attached hydrogen (secondary N) is 1. The van der Waals surface area contributed by atoms with Crippen LogP contribution in [0.5, 0.6) is 17.2 Å². The number of hydrogen-bond acceptors (Lipinski definition) is 8. The Hall–Kier alpha value is -1.97. The summed E-state index contributed by atoms with van der Waals surface area (Å²) in [5.74, 6) is 2.34. The standard InChI is InChI=1S/C19H26N2O5S2/c1-24-15-7-12(8-16(25-2)18(15)26-3)19-21-14(11-28-19)9-17(23)20-13(10-22)5-6-27-4/h7-8,11,13,22H,5-6,9-10H2,1-4H3,(H,20,23)/t13-/m1/s1. The van der Waals surface area contributed by atoms with E-state index in [0.29, 0.717) is 22.9 Å². The normalized spacial score (nSPS) is 11.8. The van der Waals surface area contributed by atoms with Gasteiger partial charge >= 0.3 is 0 Å². The summed E-state index contributed by atoms with van der Waals surface area (Å²) in [6, 6.07) is 3.43. The molecular weight excluding hydrogens is 400 g/mol. The number of aliphatic hydroxyl groups excluding tert-OH is 1. The van der Waals surface area contributed by atoms with Gasteiger partial charge in [-0.2, -0.15) is 11.8 Å². The van der Waals surface area contributed by atoms with E-state index < -0.39 is 0 Å². The van der Waals surface area contributed by atoms with E-state index in [0.717, 1.165) is 22.7 Å². The third-order valence-corrected chi connectivity index (χ3v) is 5.65. The van der Waals surface area contributed by atoms with Crippen molar-refractivity contribution in [2.24, 2.45) is 0 Å². The van der Waals surface area contributed by atoms with Crippen LogP contribution in [0.25, 0.3) is 10.6 Å². The second kappa shape index (κ2) is 11.1. The molecule has 0 saturated heterocycles. The Morgan fingerprint density at radius 2 is 1.93 bits per heavy atom. The van der Waals surface area contributed by atoms with E-state index in [1.165, 1.54) is 11.3 Å². The van der Waals surface area contributed by atoms with Crippen LogP contribution in [0.15, 0.2) is 17.5 Å². The first-order valence-corrected chi connectivity index (χ1v) is 11.0. The Morgan fingerprint density at radius 3 is 2.46 bits per heavy atom. The number of hydrogen-bond donors (Lipinski definition) is 2. The molecule has 1 aromatic carbocycles. The minimum absolute atomic E-state index is 0.0694. The monoisotopic (exact) mass is 426 g/mol. The molecule has 0 radical (unpaired) electrons. The first-order chi connectivity index (χ1) is 13.6. The molecule has 0 spiro atoms. The largest absolute Gasteiger partial charge is 0.493 e. The molecule has 0 saturated carbocycles. The van der Waals surface area contributed by atoms with Gasteiger partial charge in [-0.1, -0.05) is 0 Å². The number of carbonyl (C=O) groups is 1. The van der Waals surface area contributed by atoms with E-state index in [4.69, 9.17) is 14.2 Å². The predicted octanol–water partition coefficient (Wildman–Crippen LogP) is 2.61. The lowest BCUT2D eigenvalue weighted by atomic mass is 10.2. The SMILES string of the molecule is COc1cc(-c2nc(CC(=O)N[C@@H](CO)CCSC)cs2)cc(OC)c1OC. The summed E-state index contributed by atoms with van der Waals surface area (Å²) in [5, 5.41) is 14.9. The summed E-state index contributed by atoms with van der Waals surface area (Å²) >= 11 is 3.12. The van der Waals surface area contributed by atoms with Crippen molar-refractivity contribution < 1.29 is 24.1 Å². The molecule has 2 rings (SSSR count). The Balaban J connectivity index is 2.12. The van der Waals surface area contributed by atoms with Crippen LogP contribution in [0.1, 0.15) is 12.1 Å². The number of carbonyl (C=O) groups excluding carboxylic acids is 1. The fraction of sp³-hybridized carbons (Fsp3) is 0.474. The van der Waals surface area contributed by atoms with Crippen molar-refractivity contribution in [1.82, 2.24) is 10.3 Å². The van der Waals surface area contributed by atoms with Gasteiger partial charge in [0, 0.05) is 10.9 Å². The van der Waals surface area contributed by atoms with Gasteiger partial charge in [0.25, 0.3) is 0 Å². The highest BCUT2D eigenvalue weighted by atomic mass is 32.2. The molecule has 2 aromatic rings. The number of ether oxygens (including phenoxy) is 3. The third-order valence-electron chi connectivity index (χ3n) is 4.06. The molecule has 1 amide bonds. The van der Waals surface area contributed by atoms with Gasteiger partial charge in [-0.25, -0.2) is 4.98 Å². The Morgan fingerprint density at radius 1 is 1.25 bits per heavy atom. The molecule has 1 heterocycles. The first kappa shape index (κ1) is 22.3. The van der Waals surface area contributed by atoms with Crippen molar-refractivity contribution in [2.75, 3.05) is 39.9 Å². The zero-order valence-electron chi connectivity index (χ0n) is 16.5. The number of rotatable bonds is 11. The second-order valence-electron chi connectivity index (χ2n) is 5.96. The summed E-state index contributed by atoms with van der Waals surface area (Å²) in [7, 11) is 4.68. The molecule has 154 valence electrons. The molecule has 1 atom stereocenters. The van der Waals surface area contributed by atoms with E-state index in [1.54, 1.807) is 33.1 Å². The lowest BCUT2D eigenvalue weighted by molar-refractivity contribution is -0.121. The third kappa shape index (κ3) is 5.76. The maximum atomic E-state index is 12.3. The van der Waals surface area contributed by atoms with Crippen molar-refractivity contribution in [3.05, 3.63) is 23.2 Å². The number of nitrogens with zero attached hydrogens (tertiary/aromatic N) is 1. The van der Waals surface area contributed by atoms with E-state index in [9.17, 15) is 9.90 Å². The Labute approximate surface area is 173 Å². The fourth-order valence-electron chi connectivity index (χ4n) is 2.64. The summed E-state index contributed by atoms with van der Waals surface area (Å²) in [6.45, 7) is -0.0694. The average molecular weight is 427 g/mol.